The molecule has 3 aromatic rings. The van der Waals surface area contributed by atoms with Crippen LogP contribution in [-0.4, -0.2) is 67.3 Å². The average Bonchev–Trinajstić information content (AvgIpc) is 2.79. The van der Waals surface area contributed by atoms with Gasteiger partial charge in [-0.2, -0.15) is 0 Å². The molecule has 4 N–H and O–H groups in total. The summed E-state index contributed by atoms with van der Waals surface area (Å²) < 4.78 is 17.1. The van der Waals surface area contributed by atoms with Gasteiger partial charge >= 0.3 is 0 Å². The van der Waals surface area contributed by atoms with E-state index in [4.69, 9.17) is 25.4 Å². The minimum Gasteiger partial charge on any atom is -0.508 e. The maximum absolute atomic E-state index is 9.68. The quantitative estimate of drug-likeness (QED) is 0.487. The highest BCUT2D eigenvalue weighted by Crippen LogP contribution is 2.39. The van der Waals surface area contributed by atoms with Crippen LogP contribution in [0, 0.1) is 5.41 Å². The molecule has 0 bridgehead atoms. The molecule has 2 aromatic carbocycles. The van der Waals surface area contributed by atoms with Crippen LogP contribution in [0.3, 0.4) is 0 Å². The predicted octanol–water partition coefficient (Wildman–Crippen LogP) is 3.30. The second-order valence-electron chi connectivity index (χ2n) is 7.74. The summed E-state index contributed by atoms with van der Waals surface area (Å²) in [5, 5.41) is 19.5. The van der Waals surface area contributed by atoms with Crippen molar-refractivity contribution >= 4 is 22.3 Å². The number of benzene rings is 2. The standard InChI is InChI=1S/C24H28N4O4/c1-15(25)22-18-13-20(30-2)21(32-12-9-28-7-10-31-11-8-28)14-19(18)23(27-24(22)26)16-3-5-17(29)6-4-16/h3-6,13-14,25,29H,7-12H2,1-2H3,(H2,26,27). The van der Waals surface area contributed by atoms with Gasteiger partial charge in [-0.25, -0.2) is 4.98 Å². The van der Waals surface area contributed by atoms with Gasteiger partial charge in [0.15, 0.2) is 11.5 Å². The Hall–Kier alpha value is -3.36. The van der Waals surface area contributed by atoms with Crippen LogP contribution in [0.25, 0.3) is 22.0 Å². The minimum atomic E-state index is 0.173. The average molecular weight is 437 g/mol. The minimum absolute atomic E-state index is 0.173. The summed E-state index contributed by atoms with van der Waals surface area (Å²) in [6.07, 6.45) is 0. The van der Waals surface area contributed by atoms with Crippen LogP contribution >= 0.6 is 0 Å². The number of phenols is 1. The molecule has 4 rings (SSSR count). The Labute approximate surface area is 187 Å². The third-order valence-electron chi connectivity index (χ3n) is 5.60. The molecule has 8 heteroatoms. The molecule has 8 nitrogen and oxygen atoms in total. The lowest BCUT2D eigenvalue weighted by molar-refractivity contribution is 0.0321. The summed E-state index contributed by atoms with van der Waals surface area (Å²) in [7, 11) is 1.60. The molecule has 0 unspecified atom stereocenters. The van der Waals surface area contributed by atoms with Crippen molar-refractivity contribution in [1.29, 1.82) is 5.41 Å². The van der Waals surface area contributed by atoms with E-state index in [-0.39, 0.29) is 11.6 Å². The largest absolute Gasteiger partial charge is 0.508 e. The molecule has 1 aliphatic heterocycles. The molecule has 1 aliphatic rings. The molecule has 0 radical (unpaired) electrons. The van der Waals surface area contributed by atoms with E-state index in [0.29, 0.717) is 35.1 Å². The van der Waals surface area contributed by atoms with E-state index in [9.17, 15) is 5.11 Å². The Morgan fingerprint density at radius 1 is 1.16 bits per heavy atom. The van der Waals surface area contributed by atoms with Gasteiger partial charge in [0, 0.05) is 47.2 Å². The van der Waals surface area contributed by atoms with E-state index in [1.54, 1.807) is 38.3 Å². The molecule has 1 aromatic heterocycles. The summed E-state index contributed by atoms with van der Waals surface area (Å²) in [5.74, 6) is 1.63. The monoisotopic (exact) mass is 436 g/mol. The highest BCUT2D eigenvalue weighted by Gasteiger charge is 2.19. The summed E-state index contributed by atoms with van der Waals surface area (Å²) >= 11 is 0. The van der Waals surface area contributed by atoms with Gasteiger partial charge in [-0.1, -0.05) is 0 Å². The van der Waals surface area contributed by atoms with Gasteiger partial charge in [0.1, 0.15) is 18.2 Å². The number of aromatic nitrogens is 1. The van der Waals surface area contributed by atoms with E-state index in [1.165, 1.54) is 0 Å². The van der Waals surface area contributed by atoms with Gasteiger partial charge in [-0.15, -0.1) is 0 Å². The number of rotatable bonds is 7. The van der Waals surface area contributed by atoms with Gasteiger partial charge < -0.3 is 30.5 Å². The van der Waals surface area contributed by atoms with Crippen LogP contribution in [0.1, 0.15) is 12.5 Å². The second-order valence-corrected chi connectivity index (χ2v) is 7.74. The van der Waals surface area contributed by atoms with Gasteiger partial charge in [-0.3, -0.25) is 4.90 Å². The Kier molecular flexibility index (Phi) is 6.43. The lowest BCUT2D eigenvalue weighted by Gasteiger charge is -2.26. The molecule has 168 valence electrons. The van der Waals surface area contributed by atoms with Crippen molar-refractivity contribution in [2.45, 2.75) is 6.92 Å². The molecule has 0 amide bonds. The number of nitrogen functional groups attached to an aromatic ring is 1. The zero-order valence-corrected chi connectivity index (χ0v) is 18.4. The van der Waals surface area contributed by atoms with Crippen molar-refractivity contribution in [3.8, 4) is 28.5 Å². The number of methoxy groups -OCH3 is 1. The van der Waals surface area contributed by atoms with Gasteiger partial charge in [-0.05, 0) is 43.3 Å². The Bertz CT molecular complexity index is 1130. The summed E-state index contributed by atoms with van der Waals surface area (Å²) in [5.41, 5.74) is 8.61. The fraction of sp³-hybridized carbons (Fsp3) is 0.333. The number of nitrogens with zero attached hydrogens (tertiary/aromatic N) is 2. The van der Waals surface area contributed by atoms with Crippen molar-refractivity contribution in [1.82, 2.24) is 9.88 Å². The number of phenolic OH excluding ortho intramolecular Hbond substituents is 1. The van der Waals surface area contributed by atoms with Crippen molar-refractivity contribution in [3.05, 3.63) is 42.0 Å². The van der Waals surface area contributed by atoms with Crippen molar-refractivity contribution in [2.24, 2.45) is 0 Å². The van der Waals surface area contributed by atoms with Crippen molar-refractivity contribution in [3.63, 3.8) is 0 Å². The number of ether oxygens (including phenoxy) is 3. The second kappa shape index (κ2) is 9.42. The lowest BCUT2D eigenvalue weighted by atomic mass is 9.97. The Balaban J connectivity index is 1.77. The van der Waals surface area contributed by atoms with Gasteiger partial charge in [0.25, 0.3) is 0 Å². The summed E-state index contributed by atoms with van der Waals surface area (Å²) in [4.78, 5) is 6.91. The lowest BCUT2D eigenvalue weighted by Crippen LogP contribution is -2.38. The zero-order chi connectivity index (χ0) is 22.7. The van der Waals surface area contributed by atoms with Crippen LogP contribution < -0.4 is 15.2 Å². The van der Waals surface area contributed by atoms with Gasteiger partial charge in [0.2, 0.25) is 0 Å². The normalized spacial score (nSPS) is 14.4. The molecule has 1 fully saturated rings. The first kappa shape index (κ1) is 21.9. The zero-order valence-electron chi connectivity index (χ0n) is 18.4. The third-order valence-corrected chi connectivity index (χ3v) is 5.60. The first-order chi connectivity index (χ1) is 15.5. The summed E-state index contributed by atoms with van der Waals surface area (Å²) in [6.45, 7) is 6.27. The number of morpholine rings is 1. The smallest absolute Gasteiger partial charge is 0.161 e. The summed E-state index contributed by atoms with van der Waals surface area (Å²) in [6, 6.07) is 10.5. The van der Waals surface area contributed by atoms with Crippen LogP contribution in [-0.2, 0) is 4.74 Å². The number of hydrogen-bond acceptors (Lipinski definition) is 8. The van der Waals surface area contributed by atoms with Crippen LogP contribution in [0.5, 0.6) is 17.2 Å². The predicted molar refractivity (Wildman–Crippen MR) is 125 cm³/mol. The Morgan fingerprint density at radius 2 is 1.84 bits per heavy atom. The Morgan fingerprint density at radius 3 is 2.50 bits per heavy atom. The van der Waals surface area contributed by atoms with E-state index < -0.39 is 0 Å². The van der Waals surface area contributed by atoms with E-state index >= 15 is 0 Å². The van der Waals surface area contributed by atoms with Crippen molar-refractivity contribution in [2.75, 3.05) is 52.3 Å². The highest BCUT2D eigenvalue weighted by atomic mass is 16.5. The maximum atomic E-state index is 9.68. The SMILES string of the molecule is COc1cc2c(C(C)=N)c(N)nc(-c3ccc(O)cc3)c2cc1OCCN1CCOCC1. The molecular weight excluding hydrogens is 408 g/mol. The number of pyridine rings is 1. The van der Waals surface area contributed by atoms with E-state index in [1.807, 2.05) is 12.1 Å². The maximum Gasteiger partial charge on any atom is 0.161 e. The molecule has 32 heavy (non-hydrogen) atoms. The number of anilines is 1. The van der Waals surface area contributed by atoms with Crippen molar-refractivity contribution < 1.29 is 19.3 Å². The fourth-order valence-corrected chi connectivity index (χ4v) is 3.95. The number of hydrogen-bond donors (Lipinski definition) is 3. The fourth-order valence-electron chi connectivity index (χ4n) is 3.95. The topological polar surface area (TPSA) is 114 Å². The molecule has 0 saturated carbocycles. The van der Waals surface area contributed by atoms with Crippen LogP contribution in [0.2, 0.25) is 0 Å². The van der Waals surface area contributed by atoms with Crippen LogP contribution in [0.15, 0.2) is 36.4 Å². The van der Waals surface area contributed by atoms with Gasteiger partial charge in [0.05, 0.1) is 26.0 Å². The molecule has 0 aliphatic carbocycles. The molecule has 0 atom stereocenters. The highest BCUT2D eigenvalue weighted by molar-refractivity contribution is 6.15. The first-order valence-corrected chi connectivity index (χ1v) is 10.6. The first-order valence-electron chi connectivity index (χ1n) is 10.6. The van der Waals surface area contributed by atoms with Crippen LogP contribution in [0.4, 0.5) is 5.82 Å². The van der Waals surface area contributed by atoms with E-state index in [0.717, 1.165) is 49.2 Å². The number of nitrogens with one attached hydrogen (secondary N) is 1. The third kappa shape index (κ3) is 4.46. The number of nitrogens with two attached hydrogens (primary N) is 1. The molecule has 2 heterocycles. The molecule has 1 saturated heterocycles. The number of aromatic hydroxyl groups is 1. The molecular formula is C24H28N4O4. The van der Waals surface area contributed by atoms with E-state index in [2.05, 4.69) is 9.88 Å². The molecule has 0 spiro atoms. The number of fused-ring (bicyclic) bond motifs is 1.